The Labute approximate surface area is 139 Å². The van der Waals surface area contributed by atoms with Crippen LogP contribution in [0, 0.1) is 6.92 Å². The third kappa shape index (κ3) is 4.13. The van der Waals surface area contributed by atoms with Gasteiger partial charge in [0.1, 0.15) is 24.4 Å². The van der Waals surface area contributed by atoms with E-state index >= 15 is 0 Å². The molecule has 0 fully saturated rings. The molecule has 120 valence electrons. The molecule has 0 saturated heterocycles. The fraction of sp³-hybridized carbons (Fsp3) is 0.111. The number of benzene rings is 1. The first kappa shape index (κ1) is 15.6. The summed E-state index contributed by atoms with van der Waals surface area (Å²) in [5, 5.41) is 2.69. The first-order valence-corrected chi connectivity index (χ1v) is 7.43. The maximum Gasteiger partial charge on any atom is 0.275 e. The highest BCUT2D eigenvalue weighted by atomic mass is 16.5. The van der Waals surface area contributed by atoms with Crippen LogP contribution in [0.4, 0.5) is 5.82 Å². The van der Waals surface area contributed by atoms with E-state index in [0.717, 1.165) is 11.1 Å². The van der Waals surface area contributed by atoms with Gasteiger partial charge in [0.05, 0.1) is 0 Å². The summed E-state index contributed by atoms with van der Waals surface area (Å²) < 4.78 is 5.60. The third-order valence-corrected chi connectivity index (χ3v) is 3.26. The van der Waals surface area contributed by atoms with Crippen LogP contribution in [-0.2, 0) is 6.61 Å². The van der Waals surface area contributed by atoms with Crippen LogP contribution >= 0.6 is 0 Å². The first-order valence-electron chi connectivity index (χ1n) is 7.43. The summed E-state index contributed by atoms with van der Waals surface area (Å²) in [6.07, 6.45) is 2.99. The number of carbonyl (C=O) groups excluding carboxylic acids is 1. The lowest BCUT2D eigenvalue weighted by Gasteiger charge is -2.07. The number of aromatic nitrogens is 3. The monoisotopic (exact) mass is 320 g/mol. The number of nitrogens with one attached hydrogen (secondary N) is 1. The first-order chi connectivity index (χ1) is 11.7. The molecule has 0 aliphatic rings. The van der Waals surface area contributed by atoms with Crippen molar-refractivity contribution in [3.63, 3.8) is 0 Å². The van der Waals surface area contributed by atoms with Gasteiger partial charge in [0.25, 0.3) is 5.91 Å². The molecule has 0 aliphatic heterocycles. The van der Waals surface area contributed by atoms with E-state index in [1.807, 2.05) is 43.3 Å². The van der Waals surface area contributed by atoms with Gasteiger partial charge < -0.3 is 10.1 Å². The van der Waals surface area contributed by atoms with Gasteiger partial charge in [0, 0.05) is 12.3 Å². The van der Waals surface area contributed by atoms with Crippen molar-refractivity contribution in [2.24, 2.45) is 0 Å². The van der Waals surface area contributed by atoms with E-state index in [2.05, 4.69) is 20.3 Å². The topological polar surface area (TPSA) is 77.0 Å². The van der Waals surface area contributed by atoms with Gasteiger partial charge in [-0.1, -0.05) is 36.4 Å². The Morgan fingerprint density at radius 1 is 1.08 bits per heavy atom. The van der Waals surface area contributed by atoms with Crippen LogP contribution in [0.25, 0.3) is 0 Å². The second kappa shape index (κ2) is 7.32. The Hall–Kier alpha value is -3.28. The molecular formula is C18H16N4O2. The number of carbonyl (C=O) groups is 1. The zero-order valence-corrected chi connectivity index (χ0v) is 13.1. The zero-order valence-electron chi connectivity index (χ0n) is 13.1. The molecule has 1 amide bonds. The quantitative estimate of drug-likeness (QED) is 0.782. The van der Waals surface area contributed by atoms with Gasteiger partial charge in [-0.15, -0.1) is 0 Å². The number of rotatable bonds is 5. The predicted molar refractivity (Wildman–Crippen MR) is 89.7 cm³/mol. The number of aryl methyl sites for hydroxylation is 1. The minimum atomic E-state index is -0.363. The van der Waals surface area contributed by atoms with Crippen molar-refractivity contribution in [3.8, 4) is 5.88 Å². The van der Waals surface area contributed by atoms with Crippen molar-refractivity contribution in [1.82, 2.24) is 15.0 Å². The number of pyridine rings is 1. The minimum Gasteiger partial charge on any atom is -0.473 e. The number of ether oxygens (including phenoxy) is 1. The fourth-order valence-electron chi connectivity index (χ4n) is 2.00. The summed E-state index contributed by atoms with van der Waals surface area (Å²) in [4.78, 5) is 24.4. The zero-order chi connectivity index (χ0) is 16.8. The van der Waals surface area contributed by atoms with Crippen molar-refractivity contribution >= 4 is 11.7 Å². The highest BCUT2D eigenvalue weighted by Gasteiger charge is 2.10. The van der Waals surface area contributed by atoms with Gasteiger partial charge in [0.2, 0.25) is 5.88 Å². The molecule has 0 radical (unpaired) electrons. The lowest BCUT2D eigenvalue weighted by molar-refractivity contribution is 0.102. The van der Waals surface area contributed by atoms with Crippen molar-refractivity contribution in [1.29, 1.82) is 0 Å². The van der Waals surface area contributed by atoms with Gasteiger partial charge in [-0.05, 0) is 24.1 Å². The van der Waals surface area contributed by atoms with Crippen LogP contribution < -0.4 is 10.1 Å². The molecule has 0 saturated carbocycles. The summed E-state index contributed by atoms with van der Waals surface area (Å²) in [6.45, 7) is 2.30. The van der Waals surface area contributed by atoms with Gasteiger partial charge in [-0.3, -0.25) is 4.79 Å². The van der Waals surface area contributed by atoms with E-state index in [-0.39, 0.29) is 11.6 Å². The number of anilines is 1. The summed E-state index contributed by atoms with van der Waals surface area (Å²) in [7, 11) is 0. The molecule has 0 atom stereocenters. The maximum atomic E-state index is 12.2. The molecule has 1 aromatic carbocycles. The van der Waals surface area contributed by atoms with E-state index in [4.69, 9.17) is 4.74 Å². The highest BCUT2D eigenvalue weighted by molar-refractivity contribution is 6.02. The second-order valence-corrected chi connectivity index (χ2v) is 5.19. The van der Waals surface area contributed by atoms with E-state index in [1.54, 1.807) is 12.3 Å². The number of hydrogen-bond acceptors (Lipinski definition) is 5. The Balaban J connectivity index is 1.65. The van der Waals surface area contributed by atoms with Crippen LogP contribution in [0.1, 0.15) is 21.6 Å². The molecule has 2 aromatic heterocycles. The molecule has 24 heavy (non-hydrogen) atoms. The second-order valence-electron chi connectivity index (χ2n) is 5.19. The number of amides is 1. The molecular weight excluding hydrogens is 304 g/mol. The fourth-order valence-corrected chi connectivity index (χ4v) is 2.00. The van der Waals surface area contributed by atoms with Crippen LogP contribution in [0.3, 0.4) is 0 Å². The predicted octanol–water partition coefficient (Wildman–Crippen LogP) is 3.01. The molecule has 0 aliphatic carbocycles. The molecule has 2 heterocycles. The standard InChI is InChI=1S/C18H16N4O2/c1-13-7-8-16(19-10-13)22-18(23)15-9-17(21-12-20-15)24-11-14-5-3-2-4-6-14/h2-10,12H,11H2,1H3,(H,19,22,23). The Kier molecular flexibility index (Phi) is 4.76. The lowest BCUT2D eigenvalue weighted by atomic mass is 10.2. The van der Waals surface area contributed by atoms with E-state index in [1.165, 1.54) is 12.4 Å². The van der Waals surface area contributed by atoms with Gasteiger partial charge in [-0.2, -0.15) is 0 Å². The summed E-state index contributed by atoms with van der Waals surface area (Å²) in [5.74, 6) is 0.449. The Morgan fingerprint density at radius 3 is 2.67 bits per heavy atom. The molecule has 0 spiro atoms. The van der Waals surface area contributed by atoms with E-state index in [9.17, 15) is 4.79 Å². The Bertz CT molecular complexity index is 820. The van der Waals surface area contributed by atoms with Crippen molar-refractivity contribution in [3.05, 3.63) is 77.9 Å². The minimum absolute atomic E-state index is 0.218. The largest absolute Gasteiger partial charge is 0.473 e. The van der Waals surface area contributed by atoms with Crippen molar-refractivity contribution < 1.29 is 9.53 Å². The third-order valence-electron chi connectivity index (χ3n) is 3.26. The highest BCUT2D eigenvalue weighted by Crippen LogP contribution is 2.12. The van der Waals surface area contributed by atoms with Gasteiger partial charge >= 0.3 is 0 Å². The van der Waals surface area contributed by atoms with E-state index < -0.39 is 0 Å². The van der Waals surface area contributed by atoms with Crippen LogP contribution in [0.2, 0.25) is 0 Å². The average molecular weight is 320 g/mol. The molecule has 1 N–H and O–H groups in total. The van der Waals surface area contributed by atoms with Crippen molar-refractivity contribution in [2.45, 2.75) is 13.5 Å². The average Bonchev–Trinajstić information content (AvgIpc) is 2.63. The summed E-state index contributed by atoms with van der Waals surface area (Å²) in [6, 6.07) is 14.8. The SMILES string of the molecule is Cc1ccc(NC(=O)c2cc(OCc3ccccc3)ncn2)nc1. The number of nitrogens with zero attached hydrogens (tertiary/aromatic N) is 3. The van der Waals surface area contributed by atoms with Gasteiger partial charge in [0.15, 0.2) is 0 Å². The van der Waals surface area contributed by atoms with E-state index in [0.29, 0.717) is 18.3 Å². The smallest absolute Gasteiger partial charge is 0.275 e. The maximum absolute atomic E-state index is 12.2. The van der Waals surface area contributed by atoms with Gasteiger partial charge in [-0.25, -0.2) is 15.0 Å². The van der Waals surface area contributed by atoms with Crippen LogP contribution in [-0.4, -0.2) is 20.9 Å². The Morgan fingerprint density at radius 2 is 1.92 bits per heavy atom. The molecule has 0 unspecified atom stereocenters. The molecule has 6 nitrogen and oxygen atoms in total. The summed E-state index contributed by atoms with van der Waals surface area (Å²) >= 11 is 0. The molecule has 3 aromatic rings. The normalized spacial score (nSPS) is 10.2. The molecule has 0 bridgehead atoms. The summed E-state index contributed by atoms with van der Waals surface area (Å²) in [5.41, 5.74) is 2.26. The van der Waals surface area contributed by atoms with Crippen molar-refractivity contribution in [2.75, 3.05) is 5.32 Å². The lowest BCUT2D eigenvalue weighted by Crippen LogP contribution is -2.15. The molecule has 3 rings (SSSR count). The van der Waals surface area contributed by atoms with Crippen LogP contribution in [0.5, 0.6) is 5.88 Å². The number of hydrogen-bond donors (Lipinski definition) is 1. The van der Waals surface area contributed by atoms with Crippen LogP contribution in [0.15, 0.2) is 61.1 Å². The molecule has 6 heteroatoms.